The fourth-order valence-electron chi connectivity index (χ4n) is 2.24. The summed E-state index contributed by atoms with van der Waals surface area (Å²) < 4.78 is 5.19. The number of esters is 1. The quantitative estimate of drug-likeness (QED) is 0.602. The molecule has 3 amide bonds. The molecule has 2 aromatic rings. The molecule has 8 nitrogen and oxygen atoms in total. The molecule has 0 radical (unpaired) electrons. The van der Waals surface area contributed by atoms with Gasteiger partial charge in [-0.1, -0.05) is 12.1 Å². The summed E-state index contributed by atoms with van der Waals surface area (Å²) in [5.74, 6) is -1.16. The van der Waals surface area contributed by atoms with E-state index in [1.807, 2.05) is 19.9 Å². The molecule has 0 aliphatic carbocycles. The lowest BCUT2D eigenvalue weighted by Crippen LogP contribution is -2.39. The lowest BCUT2D eigenvalue weighted by molar-refractivity contribution is -0.123. The van der Waals surface area contributed by atoms with Crippen LogP contribution < -0.4 is 16.0 Å². The van der Waals surface area contributed by atoms with Crippen LogP contribution in [-0.2, 0) is 16.1 Å². The van der Waals surface area contributed by atoms with E-state index >= 15 is 0 Å². The molecule has 0 aliphatic rings. The van der Waals surface area contributed by atoms with Gasteiger partial charge in [-0.3, -0.25) is 4.79 Å². The number of carbonyl (C=O) groups is 3. The Morgan fingerprint density at radius 2 is 1.83 bits per heavy atom. The summed E-state index contributed by atoms with van der Waals surface area (Å²) in [4.78, 5) is 36.0. The summed E-state index contributed by atoms with van der Waals surface area (Å²) in [7, 11) is 0. The first-order valence-corrected chi connectivity index (χ1v) is 9.81. The molecule has 152 valence electrons. The fourth-order valence-corrected chi connectivity index (χ4v) is 2.98. The summed E-state index contributed by atoms with van der Waals surface area (Å²) >= 11 is 1.22. The Morgan fingerprint density at radius 3 is 2.45 bits per heavy atom. The molecular formula is C20H22N4O4S. The van der Waals surface area contributed by atoms with Crippen molar-refractivity contribution in [1.29, 1.82) is 5.26 Å². The first-order valence-electron chi connectivity index (χ1n) is 8.93. The second-order valence-electron chi connectivity index (χ2n) is 6.49. The molecular weight excluding hydrogens is 392 g/mol. The number of urea groups is 1. The summed E-state index contributed by atoms with van der Waals surface area (Å²) in [6, 6.07) is 9.87. The molecule has 0 saturated carbocycles. The van der Waals surface area contributed by atoms with Crippen LogP contribution in [-0.4, -0.2) is 30.1 Å². The number of rotatable bonds is 7. The van der Waals surface area contributed by atoms with Crippen molar-refractivity contribution in [2.24, 2.45) is 0 Å². The molecule has 9 heteroatoms. The lowest BCUT2D eigenvalue weighted by atomic mass is 10.1. The monoisotopic (exact) mass is 414 g/mol. The van der Waals surface area contributed by atoms with E-state index < -0.39 is 18.0 Å². The van der Waals surface area contributed by atoms with E-state index in [9.17, 15) is 14.4 Å². The third kappa shape index (κ3) is 6.62. The Hall–Kier alpha value is -3.38. The molecule has 0 unspecified atom stereocenters. The Kier molecular flexibility index (Phi) is 7.74. The Labute approximate surface area is 172 Å². The first kappa shape index (κ1) is 21.9. The maximum Gasteiger partial charge on any atom is 0.338 e. The normalized spacial score (nSPS) is 11.3. The molecule has 1 atom stereocenters. The van der Waals surface area contributed by atoms with E-state index in [0.29, 0.717) is 17.1 Å². The third-order valence-electron chi connectivity index (χ3n) is 3.74. The number of anilines is 1. The predicted molar refractivity (Wildman–Crippen MR) is 109 cm³/mol. The van der Waals surface area contributed by atoms with E-state index in [2.05, 4.69) is 16.0 Å². The lowest BCUT2D eigenvalue weighted by Gasteiger charge is -2.13. The van der Waals surface area contributed by atoms with Gasteiger partial charge in [0.1, 0.15) is 11.1 Å². The van der Waals surface area contributed by atoms with E-state index in [0.717, 1.165) is 5.56 Å². The van der Waals surface area contributed by atoms with E-state index in [1.165, 1.54) is 18.3 Å². The van der Waals surface area contributed by atoms with Crippen molar-refractivity contribution in [1.82, 2.24) is 10.6 Å². The maximum atomic E-state index is 12.3. The van der Waals surface area contributed by atoms with Crippen LogP contribution in [0.15, 0.2) is 35.7 Å². The standard InChI is InChI=1S/C20H22N4O4S/c1-12(2)23-20(27)22-11-14-4-6-15(7-5-14)19(26)28-13(3)17(25)24-18-16(10-21)8-9-29-18/h4-9,12-13H,11H2,1-3H3,(H,24,25)(H2,22,23,27)/t13-/m1/s1. The van der Waals surface area contributed by atoms with Crippen LogP contribution in [0.2, 0.25) is 0 Å². The number of nitriles is 1. The number of benzene rings is 1. The molecule has 0 aliphatic heterocycles. The second-order valence-corrected chi connectivity index (χ2v) is 7.41. The average molecular weight is 414 g/mol. The molecule has 0 saturated heterocycles. The largest absolute Gasteiger partial charge is 0.449 e. The number of nitrogens with zero attached hydrogens (tertiary/aromatic N) is 1. The minimum atomic E-state index is -1.03. The van der Waals surface area contributed by atoms with Crippen LogP contribution in [0.1, 0.15) is 42.3 Å². The number of hydrogen-bond donors (Lipinski definition) is 3. The predicted octanol–water partition coefficient (Wildman–Crippen LogP) is 3.01. The SMILES string of the molecule is CC(C)NC(=O)NCc1ccc(C(=O)O[C@H](C)C(=O)Nc2sccc2C#N)cc1. The van der Waals surface area contributed by atoms with Crippen LogP contribution in [0.25, 0.3) is 0 Å². The summed E-state index contributed by atoms with van der Waals surface area (Å²) in [5, 5.41) is 19.1. The average Bonchev–Trinajstić information content (AvgIpc) is 3.13. The molecule has 0 bridgehead atoms. The van der Waals surface area contributed by atoms with Gasteiger partial charge in [-0.15, -0.1) is 11.3 Å². The van der Waals surface area contributed by atoms with E-state index in [1.54, 1.807) is 35.7 Å². The van der Waals surface area contributed by atoms with Crippen LogP contribution in [0.4, 0.5) is 9.80 Å². The molecule has 3 N–H and O–H groups in total. The Morgan fingerprint density at radius 1 is 1.14 bits per heavy atom. The van der Waals surface area contributed by atoms with Crippen molar-refractivity contribution in [3.63, 3.8) is 0 Å². The number of ether oxygens (including phenoxy) is 1. The van der Waals surface area contributed by atoms with Gasteiger partial charge < -0.3 is 20.7 Å². The van der Waals surface area contributed by atoms with E-state index in [4.69, 9.17) is 10.00 Å². The summed E-state index contributed by atoms with van der Waals surface area (Å²) in [6.07, 6.45) is -1.03. The van der Waals surface area contributed by atoms with Crippen molar-refractivity contribution in [2.75, 3.05) is 5.32 Å². The zero-order chi connectivity index (χ0) is 21.4. The highest BCUT2D eigenvalue weighted by atomic mass is 32.1. The molecule has 0 fully saturated rings. The van der Waals surface area contributed by atoms with Gasteiger partial charge >= 0.3 is 12.0 Å². The van der Waals surface area contributed by atoms with Gasteiger partial charge in [0.25, 0.3) is 5.91 Å². The highest BCUT2D eigenvalue weighted by Gasteiger charge is 2.20. The van der Waals surface area contributed by atoms with E-state index in [-0.39, 0.29) is 17.6 Å². The Balaban J connectivity index is 1.87. The van der Waals surface area contributed by atoms with Crippen molar-refractivity contribution in [3.8, 4) is 6.07 Å². The van der Waals surface area contributed by atoms with Crippen LogP contribution in [0, 0.1) is 11.3 Å². The van der Waals surface area contributed by atoms with Crippen molar-refractivity contribution >= 4 is 34.2 Å². The smallest absolute Gasteiger partial charge is 0.338 e. The van der Waals surface area contributed by atoms with Gasteiger partial charge in [0.2, 0.25) is 0 Å². The number of nitrogens with one attached hydrogen (secondary N) is 3. The van der Waals surface area contributed by atoms with Gasteiger partial charge in [-0.2, -0.15) is 5.26 Å². The van der Waals surface area contributed by atoms with Crippen molar-refractivity contribution in [3.05, 3.63) is 52.4 Å². The van der Waals surface area contributed by atoms with Gasteiger partial charge in [0.05, 0.1) is 11.1 Å². The molecule has 1 aromatic carbocycles. The number of amides is 3. The highest BCUT2D eigenvalue weighted by molar-refractivity contribution is 7.14. The second kappa shape index (κ2) is 10.2. The van der Waals surface area contributed by atoms with Crippen molar-refractivity contribution in [2.45, 2.75) is 39.5 Å². The molecule has 1 aromatic heterocycles. The minimum absolute atomic E-state index is 0.0395. The van der Waals surface area contributed by atoms with Crippen LogP contribution in [0.5, 0.6) is 0 Å². The molecule has 29 heavy (non-hydrogen) atoms. The number of thiophene rings is 1. The molecule has 1 heterocycles. The van der Waals surface area contributed by atoms with Gasteiger partial charge in [-0.05, 0) is 49.9 Å². The van der Waals surface area contributed by atoms with Crippen molar-refractivity contribution < 1.29 is 19.1 Å². The van der Waals surface area contributed by atoms with Gasteiger partial charge in [0.15, 0.2) is 6.10 Å². The van der Waals surface area contributed by atoms with Crippen LogP contribution >= 0.6 is 11.3 Å². The topological polar surface area (TPSA) is 120 Å². The fraction of sp³-hybridized carbons (Fsp3) is 0.300. The zero-order valence-electron chi connectivity index (χ0n) is 16.3. The van der Waals surface area contributed by atoms with Crippen LogP contribution in [0.3, 0.4) is 0 Å². The maximum absolute atomic E-state index is 12.3. The highest BCUT2D eigenvalue weighted by Crippen LogP contribution is 2.22. The summed E-state index contributed by atoms with van der Waals surface area (Å²) in [6.45, 7) is 5.50. The number of carbonyl (C=O) groups excluding carboxylic acids is 3. The number of hydrogen-bond acceptors (Lipinski definition) is 6. The summed E-state index contributed by atoms with van der Waals surface area (Å²) in [5.41, 5.74) is 1.45. The third-order valence-corrected chi connectivity index (χ3v) is 4.57. The Bertz CT molecular complexity index is 915. The molecule has 2 rings (SSSR count). The minimum Gasteiger partial charge on any atom is -0.449 e. The zero-order valence-corrected chi connectivity index (χ0v) is 17.1. The van der Waals surface area contributed by atoms with Gasteiger partial charge in [0, 0.05) is 12.6 Å². The molecule has 0 spiro atoms. The van der Waals surface area contributed by atoms with Gasteiger partial charge in [-0.25, -0.2) is 9.59 Å². The first-order chi connectivity index (χ1) is 13.8.